The topological polar surface area (TPSA) is 38.0 Å². The number of nitrogen functional groups attached to an aromatic ring is 1. The molecule has 0 spiro atoms. The van der Waals surface area contributed by atoms with E-state index in [0.717, 1.165) is 22.4 Å². The summed E-state index contributed by atoms with van der Waals surface area (Å²) in [5, 5.41) is 13.6. The van der Waals surface area contributed by atoms with Crippen molar-refractivity contribution in [3.05, 3.63) is 216 Å². The fraction of sp³-hybridized carbons (Fsp3) is 0.0357. The van der Waals surface area contributed by atoms with Crippen molar-refractivity contribution in [3.8, 4) is 33.4 Å². The first-order chi connectivity index (χ1) is 28.7. The minimum atomic E-state index is -0.104. The molecule has 3 N–H and O–H groups in total. The minimum Gasteiger partial charge on any atom is -0.398 e. The molecular formula is C56H40N2. The van der Waals surface area contributed by atoms with Crippen molar-refractivity contribution in [3.63, 3.8) is 0 Å². The number of nitrogens with one attached hydrogen (secondary N) is 1. The molecule has 2 nitrogen and oxygen atoms in total. The maximum atomic E-state index is 7.56. The van der Waals surface area contributed by atoms with E-state index in [9.17, 15) is 0 Å². The van der Waals surface area contributed by atoms with Crippen LogP contribution in [0.4, 0.5) is 5.69 Å². The zero-order chi connectivity index (χ0) is 38.7. The van der Waals surface area contributed by atoms with E-state index in [1.54, 1.807) is 0 Å². The Hall–Kier alpha value is -7.42. The molecule has 1 unspecified atom stereocenters. The Kier molecular flexibility index (Phi) is 7.97. The summed E-state index contributed by atoms with van der Waals surface area (Å²) in [5.74, 6) is 0. The van der Waals surface area contributed by atoms with Gasteiger partial charge in [-0.1, -0.05) is 176 Å². The first-order valence-corrected chi connectivity index (χ1v) is 20.1. The Balaban J connectivity index is 1.23. The van der Waals surface area contributed by atoms with Gasteiger partial charge in [0.1, 0.15) is 0 Å². The maximum absolute atomic E-state index is 7.56. The number of fused-ring (bicyclic) bond motifs is 7. The predicted octanol–water partition coefficient (Wildman–Crippen LogP) is 14.6. The van der Waals surface area contributed by atoms with Gasteiger partial charge < -0.3 is 11.1 Å². The summed E-state index contributed by atoms with van der Waals surface area (Å²) in [6.45, 7) is 2.08. The minimum absolute atomic E-state index is 0.104. The number of hydrogen-bond acceptors (Lipinski definition) is 2. The van der Waals surface area contributed by atoms with Gasteiger partial charge in [0.05, 0.1) is 6.04 Å². The summed E-state index contributed by atoms with van der Waals surface area (Å²) in [4.78, 5) is 0. The molecule has 1 atom stereocenters. The van der Waals surface area contributed by atoms with E-state index in [4.69, 9.17) is 5.73 Å². The Morgan fingerprint density at radius 1 is 0.517 bits per heavy atom. The second-order valence-corrected chi connectivity index (χ2v) is 15.3. The monoisotopic (exact) mass is 740 g/mol. The van der Waals surface area contributed by atoms with Gasteiger partial charge in [0.2, 0.25) is 0 Å². The molecule has 11 rings (SSSR count). The smallest absolute Gasteiger partial charge is 0.0775 e. The molecule has 2 aliphatic rings. The Morgan fingerprint density at radius 3 is 1.41 bits per heavy atom. The van der Waals surface area contributed by atoms with Crippen molar-refractivity contribution in [2.24, 2.45) is 0 Å². The SMILES string of the molecule is C/C=C\c1c(-c2c3ccccc3c(-c3ccccc3)c3ccccc23)cc2c(c1N)C=C(c1c3ccccc3c(-c3ccccc3)c3ccccc13)C1=CC=CNC12. The van der Waals surface area contributed by atoms with Crippen LogP contribution in [0.1, 0.15) is 35.2 Å². The Labute approximate surface area is 338 Å². The number of hydrogen-bond donors (Lipinski definition) is 2. The number of benzene rings is 9. The molecule has 0 amide bonds. The number of anilines is 1. The van der Waals surface area contributed by atoms with Crippen LogP contribution >= 0.6 is 0 Å². The van der Waals surface area contributed by atoms with E-state index >= 15 is 0 Å². The second-order valence-electron chi connectivity index (χ2n) is 15.3. The largest absolute Gasteiger partial charge is 0.398 e. The third-order valence-electron chi connectivity index (χ3n) is 12.2. The summed E-state index contributed by atoms with van der Waals surface area (Å²) in [7, 11) is 0. The highest BCUT2D eigenvalue weighted by Gasteiger charge is 2.33. The number of rotatable bonds is 5. The molecule has 0 bridgehead atoms. The molecular weight excluding hydrogens is 701 g/mol. The summed E-state index contributed by atoms with van der Waals surface area (Å²) >= 11 is 0. The van der Waals surface area contributed by atoms with E-state index in [1.807, 2.05) is 0 Å². The first kappa shape index (κ1) is 33.9. The van der Waals surface area contributed by atoms with E-state index in [2.05, 4.69) is 213 Å². The van der Waals surface area contributed by atoms with Crippen LogP contribution in [0.2, 0.25) is 0 Å². The van der Waals surface area contributed by atoms with Crippen LogP contribution in [0.3, 0.4) is 0 Å². The van der Waals surface area contributed by atoms with Gasteiger partial charge >= 0.3 is 0 Å². The molecule has 0 aromatic heterocycles. The van der Waals surface area contributed by atoms with Crippen molar-refractivity contribution in [1.82, 2.24) is 5.32 Å². The van der Waals surface area contributed by atoms with Crippen LogP contribution in [0, 0.1) is 0 Å². The summed E-state index contributed by atoms with van der Waals surface area (Å²) < 4.78 is 0. The van der Waals surface area contributed by atoms with Crippen molar-refractivity contribution < 1.29 is 0 Å². The Bertz CT molecular complexity index is 3140. The molecule has 0 saturated carbocycles. The van der Waals surface area contributed by atoms with Crippen LogP contribution < -0.4 is 11.1 Å². The van der Waals surface area contributed by atoms with Gasteiger partial charge in [-0.05, 0) is 130 Å². The average molecular weight is 741 g/mol. The van der Waals surface area contributed by atoms with Gasteiger partial charge in [0.25, 0.3) is 0 Å². The lowest BCUT2D eigenvalue weighted by Gasteiger charge is -2.34. The third-order valence-corrected chi connectivity index (χ3v) is 12.2. The lowest BCUT2D eigenvalue weighted by molar-refractivity contribution is 0.718. The Morgan fingerprint density at radius 2 is 0.948 bits per heavy atom. The third kappa shape index (κ3) is 5.12. The van der Waals surface area contributed by atoms with Crippen LogP contribution in [-0.4, -0.2) is 0 Å². The lowest BCUT2D eigenvalue weighted by atomic mass is 9.74. The molecule has 1 aliphatic heterocycles. The molecule has 0 fully saturated rings. The van der Waals surface area contributed by atoms with Crippen molar-refractivity contribution in [1.29, 1.82) is 0 Å². The lowest BCUT2D eigenvalue weighted by Crippen LogP contribution is -2.25. The molecule has 2 heteroatoms. The molecule has 1 heterocycles. The molecule has 1 aliphatic carbocycles. The predicted molar refractivity (Wildman–Crippen MR) is 249 cm³/mol. The zero-order valence-electron chi connectivity index (χ0n) is 32.2. The first-order valence-electron chi connectivity index (χ1n) is 20.1. The summed E-state index contributed by atoms with van der Waals surface area (Å²) in [6, 6.07) is 59.4. The average Bonchev–Trinajstić information content (AvgIpc) is 3.28. The highest BCUT2D eigenvalue weighted by molar-refractivity contribution is 6.24. The van der Waals surface area contributed by atoms with Gasteiger partial charge in [0.15, 0.2) is 0 Å². The molecule has 58 heavy (non-hydrogen) atoms. The van der Waals surface area contributed by atoms with Gasteiger partial charge in [-0.3, -0.25) is 0 Å². The van der Waals surface area contributed by atoms with Crippen LogP contribution in [0.5, 0.6) is 0 Å². The standard InChI is InChI=1S/C56H40N2/c1-2-18-45-47(53-41-27-13-9-23-37(41)51(35-19-5-3-6-20-35)38-24-10-14-28-42(38)53)34-50-49(55(45)57)33-48(46-31-17-32-58-56(46)50)54-43-29-15-11-25-39(43)52(36-21-7-4-8-22-36)40-26-12-16-30-44(40)54/h2-34,56,58H,57H2,1H3/b18-2-. The van der Waals surface area contributed by atoms with Crippen LogP contribution in [0.25, 0.3) is 94.2 Å². The number of dihydropyridines is 1. The van der Waals surface area contributed by atoms with E-state index in [1.165, 1.54) is 93.2 Å². The van der Waals surface area contributed by atoms with E-state index in [0.29, 0.717) is 0 Å². The normalized spacial score (nSPS) is 14.7. The number of allylic oxidation sites excluding steroid dienone is 3. The summed E-state index contributed by atoms with van der Waals surface area (Å²) in [5.41, 5.74) is 22.6. The fourth-order valence-electron chi connectivity index (χ4n) is 9.81. The molecule has 9 aromatic carbocycles. The highest BCUT2D eigenvalue weighted by Crippen LogP contribution is 2.53. The van der Waals surface area contributed by atoms with Crippen molar-refractivity contribution >= 4 is 66.5 Å². The fourth-order valence-corrected chi connectivity index (χ4v) is 9.81. The highest BCUT2D eigenvalue weighted by atomic mass is 14.9. The van der Waals surface area contributed by atoms with Gasteiger partial charge in [-0.25, -0.2) is 0 Å². The van der Waals surface area contributed by atoms with Crippen LogP contribution in [0.15, 0.2) is 194 Å². The molecule has 274 valence electrons. The van der Waals surface area contributed by atoms with Crippen molar-refractivity contribution in [2.75, 3.05) is 5.73 Å². The maximum Gasteiger partial charge on any atom is 0.0775 e. The van der Waals surface area contributed by atoms with Gasteiger partial charge in [0, 0.05) is 16.8 Å². The van der Waals surface area contributed by atoms with Gasteiger partial charge in [-0.2, -0.15) is 0 Å². The zero-order valence-corrected chi connectivity index (χ0v) is 32.2. The van der Waals surface area contributed by atoms with Crippen molar-refractivity contribution in [2.45, 2.75) is 13.0 Å². The number of nitrogens with two attached hydrogens (primary N) is 1. The van der Waals surface area contributed by atoms with E-state index in [-0.39, 0.29) is 6.04 Å². The second kappa shape index (κ2) is 13.7. The molecule has 0 saturated heterocycles. The van der Waals surface area contributed by atoms with Gasteiger partial charge in [-0.15, -0.1) is 0 Å². The summed E-state index contributed by atoms with van der Waals surface area (Å²) in [6.07, 6.45) is 13.2. The van der Waals surface area contributed by atoms with Crippen LogP contribution in [-0.2, 0) is 0 Å². The molecule has 9 aromatic rings. The quantitative estimate of drug-likeness (QED) is 0.136. The van der Waals surface area contributed by atoms with E-state index < -0.39 is 0 Å². The molecule has 0 radical (unpaired) electrons.